The summed E-state index contributed by atoms with van der Waals surface area (Å²) < 4.78 is 15.8. The lowest BCUT2D eigenvalue weighted by molar-refractivity contribution is -0.136. The molecule has 0 saturated carbocycles. The summed E-state index contributed by atoms with van der Waals surface area (Å²) in [5.74, 6) is -0.300. The smallest absolute Gasteiger partial charge is 0.313 e. The number of carbonyl (C=O) groups is 2. The molecule has 0 heterocycles. The number of amides is 2. The maximum atomic E-state index is 12.1. The molecule has 0 fully saturated rings. The fraction of sp³-hybridized carbons (Fsp3) is 0.263. The maximum Gasteiger partial charge on any atom is 0.313 e. The van der Waals surface area contributed by atoms with E-state index in [4.69, 9.17) is 14.2 Å². The van der Waals surface area contributed by atoms with Gasteiger partial charge in [-0.25, -0.2) is 0 Å². The first-order valence-corrected chi connectivity index (χ1v) is 7.98. The Morgan fingerprint density at radius 1 is 0.962 bits per heavy atom. The molecule has 0 saturated heterocycles. The van der Waals surface area contributed by atoms with Crippen molar-refractivity contribution in [3.05, 3.63) is 54.1 Å². The Hall–Kier alpha value is -3.06. The van der Waals surface area contributed by atoms with Crippen molar-refractivity contribution in [2.24, 2.45) is 0 Å². The molecule has 7 nitrogen and oxygen atoms in total. The summed E-state index contributed by atoms with van der Waals surface area (Å²) in [6.07, 6.45) is -0.445. The molecule has 0 radical (unpaired) electrons. The largest absolute Gasteiger partial charge is 0.497 e. The summed E-state index contributed by atoms with van der Waals surface area (Å²) in [6, 6.07) is 14.1. The first-order valence-electron chi connectivity index (χ1n) is 7.98. The average Bonchev–Trinajstić information content (AvgIpc) is 2.68. The molecule has 1 atom stereocenters. The van der Waals surface area contributed by atoms with E-state index in [-0.39, 0.29) is 6.54 Å². The van der Waals surface area contributed by atoms with Gasteiger partial charge in [-0.2, -0.15) is 0 Å². The van der Waals surface area contributed by atoms with Gasteiger partial charge in [0.2, 0.25) is 0 Å². The molecule has 1 unspecified atom stereocenters. The van der Waals surface area contributed by atoms with Gasteiger partial charge in [0.15, 0.2) is 0 Å². The van der Waals surface area contributed by atoms with Crippen LogP contribution in [-0.2, 0) is 14.3 Å². The Labute approximate surface area is 152 Å². The molecule has 7 heteroatoms. The standard InChI is InChI=1S/C19H22N2O5/c1-24-14-8-6-7-13(11-14)21-19(23)18(22)20-12-17(26-3)15-9-4-5-10-16(15)25-2/h4-11,17H,12H2,1-3H3,(H,20,22)(H,21,23). The highest BCUT2D eigenvalue weighted by molar-refractivity contribution is 6.39. The number of rotatable bonds is 7. The van der Waals surface area contributed by atoms with E-state index >= 15 is 0 Å². The van der Waals surface area contributed by atoms with E-state index in [0.717, 1.165) is 5.56 Å². The summed E-state index contributed by atoms with van der Waals surface area (Å²) in [4.78, 5) is 24.1. The van der Waals surface area contributed by atoms with Crippen LogP contribution in [0.4, 0.5) is 5.69 Å². The maximum absolute atomic E-state index is 12.1. The van der Waals surface area contributed by atoms with Crippen LogP contribution in [0.15, 0.2) is 48.5 Å². The Balaban J connectivity index is 1.96. The predicted molar refractivity (Wildman–Crippen MR) is 97.4 cm³/mol. The number of hydrogen-bond donors (Lipinski definition) is 2. The number of carbonyl (C=O) groups excluding carboxylic acids is 2. The van der Waals surface area contributed by atoms with Crippen molar-refractivity contribution < 1.29 is 23.8 Å². The zero-order valence-corrected chi connectivity index (χ0v) is 14.9. The third kappa shape index (κ3) is 4.97. The van der Waals surface area contributed by atoms with Crippen molar-refractivity contribution in [1.29, 1.82) is 0 Å². The molecule has 2 N–H and O–H groups in total. The summed E-state index contributed by atoms with van der Waals surface area (Å²) >= 11 is 0. The highest BCUT2D eigenvalue weighted by Gasteiger charge is 2.19. The van der Waals surface area contributed by atoms with E-state index in [0.29, 0.717) is 17.2 Å². The van der Waals surface area contributed by atoms with Gasteiger partial charge in [0.1, 0.15) is 17.6 Å². The van der Waals surface area contributed by atoms with E-state index in [2.05, 4.69) is 10.6 Å². The van der Waals surface area contributed by atoms with Crippen LogP contribution in [-0.4, -0.2) is 39.7 Å². The molecule has 2 aromatic rings. The van der Waals surface area contributed by atoms with Crippen molar-refractivity contribution in [1.82, 2.24) is 5.32 Å². The van der Waals surface area contributed by atoms with E-state index in [1.54, 1.807) is 37.4 Å². The fourth-order valence-corrected chi connectivity index (χ4v) is 2.41. The number of nitrogens with one attached hydrogen (secondary N) is 2. The van der Waals surface area contributed by atoms with Gasteiger partial charge in [-0.05, 0) is 18.2 Å². The molecule has 26 heavy (non-hydrogen) atoms. The van der Waals surface area contributed by atoms with Gasteiger partial charge < -0.3 is 24.8 Å². The van der Waals surface area contributed by atoms with Crippen LogP contribution < -0.4 is 20.1 Å². The first kappa shape index (κ1) is 19.3. The van der Waals surface area contributed by atoms with Crippen molar-refractivity contribution in [2.45, 2.75) is 6.10 Å². The summed E-state index contributed by atoms with van der Waals surface area (Å²) in [6.45, 7) is 0.126. The highest BCUT2D eigenvalue weighted by atomic mass is 16.5. The van der Waals surface area contributed by atoms with Crippen LogP contribution in [0.5, 0.6) is 11.5 Å². The lowest BCUT2D eigenvalue weighted by atomic mass is 10.1. The van der Waals surface area contributed by atoms with Crippen LogP contribution in [0, 0.1) is 0 Å². The van der Waals surface area contributed by atoms with Crippen LogP contribution in [0.25, 0.3) is 0 Å². The molecular formula is C19H22N2O5. The predicted octanol–water partition coefficient (Wildman–Crippen LogP) is 2.15. The summed E-state index contributed by atoms with van der Waals surface area (Å²) in [7, 11) is 4.61. The number of hydrogen-bond acceptors (Lipinski definition) is 5. The SMILES string of the molecule is COc1cccc(NC(=O)C(=O)NCC(OC)c2ccccc2OC)c1. The number of anilines is 1. The minimum atomic E-state index is -0.770. The van der Waals surface area contributed by atoms with Crippen LogP contribution >= 0.6 is 0 Å². The van der Waals surface area contributed by atoms with Crippen LogP contribution in [0.1, 0.15) is 11.7 Å². The number of para-hydroxylation sites is 1. The summed E-state index contributed by atoms with van der Waals surface area (Å²) in [5.41, 5.74) is 1.25. The topological polar surface area (TPSA) is 85.9 Å². The van der Waals surface area contributed by atoms with E-state index in [9.17, 15) is 9.59 Å². The van der Waals surface area contributed by atoms with Gasteiger partial charge in [-0.15, -0.1) is 0 Å². The minimum absolute atomic E-state index is 0.126. The van der Waals surface area contributed by atoms with Crippen molar-refractivity contribution in [3.63, 3.8) is 0 Å². The molecule has 2 aromatic carbocycles. The molecule has 2 amide bonds. The molecule has 0 spiro atoms. The zero-order valence-electron chi connectivity index (χ0n) is 14.9. The van der Waals surface area contributed by atoms with Crippen LogP contribution in [0.2, 0.25) is 0 Å². The Bertz CT molecular complexity index is 763. The molecule has 0 bridgehead atoms. The van der Waals surface area contributed by atoms with Crippen molar-refractivity contribution in [3.8, 4) is 11.5 Å². The van der Waals surface area contributed by atoms with E-state index < -0.39 is 17.9 Å². The monoisotopic (exact) mass is 358 g/mol. The second-order valence-electron chi connectivity index (χ2n) is 5.36. The van der Waals surface area contributed by atoms with Gasteiger partial charge in [-0.3, -0.25) is 9.59 Å². The van der Waals surface area contributed by atoms with E-state index in [1.165, 1.54) is 14.2 Å². The molecule has 0 aliphatic heterocycles. The Kier molecular flexibility index (Phi) is 6.99. The quantitative estimate of drug-likeness (QED) is 0.741. The molecule has 0 aliphatic carbocycles. The van der Waals surface area contributed by atoms with Gasteiger partial charge in [0.05, 0.1) is 14.2 Å². The molecular weight excluding hydrogens is 336 g/mol. The second-order valence-corrected chi connectivity index (χ2v) is 5.36. The van der Waals surface area contributed by atoms with Gasteiger partial charge in [0.25, 0.3) is 0 Å². The number of methoxy groups -OCH3 is 3. The highest BCUT2D eigenvalue weighted by Crippen LogP contribution is 2.26. The molecule has 0 aliphatic rings. The van der Waals surface area contributed by atoms with Gasteiger partial charge in [-0.1, -0.05) is 24.3 Å². The third-order valence-electron chi connectivity index (χ3n) is 3.75. The molecule has 0 aromatic heterocycles. The molecule has 138 valence electrons. The Morgan fingerprint density at radius 2 is 1.73 bits per heavy atom. The fourth-order valence-electron chi connectivity index (χ4n) is 2.41. The van der Waals surface area contributed by atoms with Crippen molar-refractivity contribution >= 4 is 17.5 Å². The van der Waals surface area contributed by atoms with Crippen LogP contribution in [0.3, 0.4) is 0 Å². The summed E-state index contributed by atoms with van der Waals surface area (Å²) in [5, 5.41) is 5.09. The van der Waals surface area contributed by atoms with Crippen molar-refractivity contribution in [2.75, 3.05) is 33.2 Å². The van der Waals surface area contributed by atoms with Gasteiger partial charge in [0, 0.05) is 31.0 Å². The lowest BCUT2D eigenvalue weighted by Gasteiger charge is -2.19. The number of benzene rings is 2. The van der Waals surface area contributed by atoms with E-state index in [1.807, 2.05) is 18.2 Å². The third-order valence-corrected chi connectivity index (χ3v) is 3.75. The normalized spacial score (nSPS) is 11.3. The minimum Gasteiger partial charge on any atom is -0.497 e. The number of ether oxygens (including phenoxy) is 3. The van der Waals surface area contributed by atoms with Gasteiger partial charge >= 0.3 is 11.8 Å². The average molecular weight is 358 g/mol. The lowest BCUT2D eigenvalue weighted by Crippen LogP contribution is -2.38. The zero-order chi connectivity index (χ0) is 18.9. The Morgan fingerprint density at radius 3 is 2.42 bits per heavy atom. The first-order chi connectivity index (χ1) is 12.6. The molecule has 2 rings (SSSR count). The second kappa shape index (κ2) is 9.43.